The summed E-state index contributed by atoms with van der Waals surface area (Å²) in [6.45, 7) is 4.36. The Hall–Kier alpha value is -3.36. The molecule has 0 spiro atoms. The molecule has 1 amide bonds. The van der Waals surface area contributed by atoms with Gasteiger partial charge in [-0.2, -0.15) is 5.10 Å². The van der Waals surface area contributed by atoms with E-state index in [1.807, 2.05) is 38.2 Å². The molecule has 8 nitrogen and oxygen atoms in total. The number of nitrogens with zero attached hydrogens (tertiary/aromatic N) is 6. The maximum absolute atomic E-state index is 13.0. The predicted octanol–water partition coefficient (Wildman–Crippen LogP) is 2.52. The SMILES string of the molecule is CC[C@H]1C(=O)Nc2c(C)nc(CCc3cnn(Cc4ccc(F)cn4)c3)nc2N1C. The Morgan fingerprint density at radius 3 is 2.77 bits per heavy atom. The quantitative estimate of drug-likeness (QED) is 0.673. The number of pyridine rings is 1. The van der Waals surface area contributed by atoms with Crippen molar-refractivity contribution in [2.24, 2.45) is 0 Å². The monoisotopic (exact) mass is 409 g/mol. The highest BCUT2D eigenvalue weighted by molar-refractivity contribution is 6.03. The Balaban J connectivity index is 1.45. The minimum Gasteiger partial charge on any atom is -0.346 e. The van der Waals surface area contributed by atoms with Crippen molar-refractivity contribution in [2.75, 3.05) is 17.3 Å². The van der Waals surface area contributed by atoms with Gasteiger partial charge in [0.25, 0.3) is 0 Å². The molecule has 4 heterocycles. The number of halogens is 1. The van der Waals surface area contributed by atoms with Gasteiger partial charge < -0.3 is 10.2 Å². The van der Waals surface area contributed by atoms with Gasteiger partial charge >= 0.3 is 0 Å². The van der Waals surface area contributed by atoms with Gasteiger partial charge in [-0.25, -0.2) is 14.4 Å². The number of amides is 1. The molecule has 1 aliphatic rings. The Morgan fingerprint density at radius 2 is 2.03 bits per heavy atom. The van der Waals surface area contributed by atoms with E-state index in [0.29, 0.717) is 25.1 Å². The molecule has 156 valence electrons. The van der Waals surface area contributed by atoms with Gasteiger partial charge in [0.2, 0.25) is 5.91 Å². The van der Waals surface area contributed by atoms with Gasteiger partial charge in [-0.3, -0.25) is 14.5 Å². The zero-order valence-electron chi connectivity index (χ0n) is 17.3. The number of likely N-dealkylation sites (N-methyl/N-ethyl adjacent to an activating group) is 1. The standard InChI is InChI=1S/C21H24FN7O/c1-4-17-21(30)27-19-13(2)25-18(26-20(19)28(17)3)8-5-14-9-24-29(11-14)12-16-7-6-15(22)10-23-16/h6-7,9-11,17H,4-5,8,12H2,1-3H3,(H,27,30)/t17-/m0/s1. The number of carbonyl (C=O) groups excluding carboxylic acids is 1. The minimum absolute atomic E-state index is 0.0185. The van der Waals surface area contributed by atoms with Crippen molar-refractivity contribution in [3.63, 3.8) is 0 Å². The third-order valence-electron chi connectivity index (χ3n) is 5.29. The average Bonchev–Trinajstić information content (AvgIpc) is 3.17. The van der Waals surface area contributed by atoms with Crippen LogP contribution in [0, 0.1) is 12.7 Å². The molecule has 1 atom stereocenters. The number of rotatable bonds is 6. The fraction of sp³-hybridized carbons (Fsp3) is 0.381. The van der Waals surface area contributed by atoms with E-state index in [2.05, 4.69) is 20.4 Å². The smallest absolute Gasteiger partial charge is 0.247 e. The summed E-state index contributed by atoms with van der Waals surface area (Å²) in [5, 5.41) is 7.30. The zero-order chi connectivity index (χ0) is 21.3. The number of nitrogens with one attached hydrogen (secondary N) is 1. The number of aromatic nitrogens is 5. The lowest BCUT2D eigenvalue weighted by atomic mass is 10.1. The second kappa shape index (κ2) is 8.17. The summed E-state index contributed by atoms with van der Waals surface area (Å²) < 4.78 is 14.8. The van der Waals surface area contributed by atoms with Crippen molar-refractivity contribution in [1.82, 2.24) is 24.7 Å². The third-order valence-corrected chi connectivity index (χ3v) is 5.29. The van der Waals surface area contributed by atoms with E-state index in [9.17, 15) is 9.18 Å². The van der Waals surface area contributed by atoms with Crippen LogP contribution in [-0.2, 0) is 24.2 Å². The minimum atomic E-state index is -0.351. The molecule has 0 radical (unpaired) electrons. The average molecular weight is 409 g/mol. The van der Waals surface area contributed by atoms with Crippen LogP contribution in [0.5, 0.6) is 0 Å². The van der Waals surface area contributed by atoms with E-state index < -0.39 is 0 Å². The lowest BCUT2D eigenvalue weighted by molar-refractivity contribution is -0.117. The first-order chi connectivity index (χ1) is 14.4. The van der Waals surface area contributed by atoms with Crippen molar-refractivity contribution in [3.05, 3.63) is 59.3 Å². The summed E-state index contributed by atoms with van der Waals surface area (Å²) in [6.07, 6.45) is 7.08. The van der Waals surface area contributed by atoms with E-state index in [1.54, 1.807) is 10.7 Å². The first kappa shape index (κ1) is 19.9. The summed E-state index contributed by atoms with van der Waals surface area (Å²) in [7, 11) is 1.90. The number of fused-ring (bicyclic) bond motifs is 1. The highest BCUT2D eigenvalue weighted by atomic mass is 19.1. The van der Waals surface area contributed by atoms with Crippen LogP contribution >= 0.6 is 0 Å². The number of aryl methyl sites for hydroxylation is 3. The molecular weight excluding hydrogens is 385 g/mol. The van der Waals surface area contributed by atoms with Crippen LogP contribution in [0.2, 0.25) is 0 Å². The van der Waals surface area contributed by atoms with Crippen molar-refractivity contribution in [2.45, 2.75) is 45.7 Å². The van der Waals surface area contributed by atoms with Crippen LogP contribution in [0.4, 0.5) is 15.9 Å². The second-order valence-corrected chi connectivity index (χ2v) is 7.46. The molecule has 0 aromatic carbocycles. The number of hydrogen-bond acceptors (Lipinski definition) is 6. The lowest BCUT2D eigenvalue weighted by Gasteiger charge is -2.34. The molecule has 0 saturated heterocycles. The fourth-order valence-corrected chi connectivity index (χ4v) is 3.66. The number of hydrogen-bond donors (Lipinski definition) is 1. The van der Waals surface area contributed by atoms with Gasteiger partial charge in [0, 0.05) is 19.7 Å². The molecule has 3 aromatic rings. The van der Waals surface area contributed by atoms with Crippen LogP contribution in [0.3, 0.4) is 0 Å². The van der Waals surface area contributed by atoms with Crippen LogP contribution in [0.1, 0.15) is 36.1 Å². The highest BCUT2D eigenvalue weighted by Gasteiger charge is 2.32. The van der Waals surface area contributed by atoms with Gasteiger partial charge in [0.1, 0.15) is 23.4 Å². The van der Waals surface area contributed by atoms with Crippen molar-refractivity contribution >= 4 is 17.4 Å². The van der Waals surface area contributed by atoms with Crippen LogP contribution in [-0.4, -0.2) is 43.7 Å². The van der Waals surface area contributed by atoms with Crippen LogP contribution in [0.25, 0.3) is 0 Å². The number of carbonyl (C=O) groups is 1. The first-order valence-corrected chi connectivity index (χ1v) is 9.97. The molecule has 0 aliphatic carbocycles. The Kier molecular flexibility index (Phi) is 5.43. The molecule has 1 N–H and O–H groups in total. The second-order valence-electron chi connectivity index (χ2n) is 7.46. The summed E-state index contributed by atoms with van der Waals surface area (Å²) in [5.41, 5.74) is 3.26. The van der Waals surface area contributed by atoms with Gasteiger partial charge in [-0.1, -0.05) is 6.92 Å². The lowest BCUT2D eigenvalue weighted by Crippen LogP contribution is -2.46. The normalized spacial score (nSPS) is 15.8. The van der Waals surface area contributed by atoms with E-state index in [1.165, 1.54) is 12.3 Å². The summed E-state index contributed by atoms with van der Waals surface area (Å²) in [5.74, 6) is 1.13. The molecule has 0 fully saturated rings. The van der Waals surface area contributed by atoms with Gasteiger partial charge in [-0.15, -0.1) is 0 Å². The molecule has 4 rings (SSSR count). The summed E-state index contributed by atoms with van der Waals surface area (Å²) in [4.78, 5) is 27.5. The molecule has 0 saturated carbocycles. The predicted molar refractivity (Wildman–Crippen MR) is 111 cm³/mol. The van der Waals surface area contributed by atoms with Gasteiger partial charge in [0.05, 0.1) is 30.3 Å². The Labute approximate surface area is 174 Å². The van der Waals surface area contributed by atoms with Crippen LogP contribution < -0.4 is 10.2 Å². The molecule has 9 heteroatoms. The molecule has 1 aliphatic heterocycles. The van der Waals surface area contributed by atoms with Crippen molar-refractivity contribution in [1.29, 1.82) is 0 Å². The molecule has 3 aromatic heterocycles. The van der Waals surface area contributed by atoms with E-state index in [4.69, 9.17) is 4.98 Å². The topological polar surface area (TPSA) is 88.8 Å². The van der Waals surface area contributed by atoms with Gasteiger partial charge in [0.15, 0.2) is 5.82 Å². The Morgan fingerprint density at radius 1 is 1.20 bits per heavy atom. The van der Waals surface area contributed by atoms with Gasteiger partial charge in [-0.05, 0) is 37.5 Å². The van der Waals surface area contributed by atoms with E-state index in [0.717, 1.165) is 35.0 Å². The highest BCUT2D eigenvalue weighted by Crippen LogP contribution is 2.32. The van der Waals surface area contributed by atoms with Crippen LogP contribution in [0.15, 0.2) is 30.7 Å². The first-order valence-electron chi connectivity index (χ1n) is 9.97. The molecule has 0 unspecified atom stereocenters. The Bertz CT molecular complexity index is 1060. The van der Waals surface area contributed by atoms with E-state index >= 15 is 0 Å². The maximum atomic E-state index is 13.0. The molecule has 30 heavy (non-hydrogen) atoms. The molecule has 0 bridgehead atoms. The largest absolute Gasteiger partial charge is 0.346 e. The third kappa shape index (κ3) is 4.00. The number of anilines is 2. The summed E-state index contributed by atoms with van der Waals surface area (Å²) in [6, 6.07) is 2.82. The zero-order valence-corrected chi connectivity index (χ0v) is 17.3. The van der Waals surface area contributed by atoms with Crippen molar-refractivity contribution in [3.8, 4) is 0 Å². The maximum Gasteiger partial charge on any atom is 0.247 e. The fourth-order valence-electron chi connectivity index (χ4n) is 3.66. The summed E-state index contributed by atoms with van der Waals surface area (Å²) >= 11 is 0. The molecular formula is C21H24FN7O. The van der Waals surface area contributed by atoms with E-state index in [-0.39, 0.29) is 17.8 Å². The van der Waals surface area contributed by atoms with Crippen molar-refractivity contribution < 1.29 is 9.18 Å².